The number of aryl methyl sites for hydroxylation is 1. The van der Waals surface area contributed by atoms with E-state index in [0.717, 1.165) is 38.3 Å². The van der Waals surface area contributed by atoms with Gasteiger partial charge < -0.3 is 10.2 Å². The molecule has 1 amide bonds. The van der Waals surface area contributed by atoms with Crippen molar-refractivity contribution in [3.8, 4) is 0 Å². The van der Waals surface area contributed by atoms with E-state index < -0.39 is 0 Å². The Morgan fingerprint density at radius 3 is 3.00 bits per heavy atom. The summed E-state index contributed by atoms with van der Waals surface area (Å²) in [4.78, 5) is 18.6. The van der Waals surface area contributed by atoms with Gasteiger partial charge in [-0.15, -0.1) is 0 Å². The molecular weight excluding hydrogens is 226 g/mol. The lowest BCUT2D eigenvalue weighted by atomic mass is 9.86. The third-order valence-corrected chi connectivity index (χ3v) is 4.22. The molecule has 0 aliphatic carbocycles. The number of carbonyl (C=O) groups is 1. The lowest BCUT2D eigenvalue weighted by Gasteiger charge is -2.22. The summed E-state index contributed by atoms with van der Waals surface area (Å²) < 4.78 is 0. The maximum absolute atomic E-state index is 12.4. The second-order valence-corrected chi connectivity index (χ2v) is 5.59. The summed E-state index contributed by atoms with van der Waals surface area (Å²) in [6, 6.07) is 3.78. The number of hydrogen-bond acceptors (Lipinski definition) is 3. The zero-order valence-electron chi connectivity index (χ0n) is 10.8. The summed E-state index contributed by atoms with van der Waals surface area (Å²) in [5, 5.41) is 3.41. The Morgan fingerprint density at radius 2 is 2.33 bits per heavy atom. The molecule has 3 heterocycles. The maximum atomic E-state index is 12.4. The van der Waals surface area contributed by atoms with Gasteiger partial charge in [0.15, 0.2) is 0 Å². The topological polar surface area (TPSA) is 45.2 Å². The summed E-state index contributed by atoms with van der Waals surface area (Å²) in [7, 11) is 0. The summed E-state index contributed by atoms with van der Waals surface area (Å²) in [6.45, 7) is 5.86. The molecule has 1 spiro atoms. The first-order chi connectivity index (χ1) is 8.69. The average Bonchev–Trinajstić information content (AvgIpc) is 3.01. The van der Waals surface area contributed by atoms with Crippen LogP contribution in [0.25, 0.3) is 0 Å². The van der Waals surface area contributed by atoms with Crippen molar-refractivity contribution in [3.05, 3.63) is 29.6 Å². The van der Waals surface area contributed by atoms with Gasteiger partial charge in [-0.05, 0) is 38.4 Å². The van der Waals surface area contributed by atoms with Crippen molar-refractivity contribution in [3.63, 3.8) is 0 Å². The van der Waals surface area contributed by atoms with Gasteiger partial charge in [0.1, 0.15) is 0 Å². The molecule has 0 aromatic carbocycles. The second-order valence-electron chi connectivity index (χ2n) is 5.59. The Labute approximate surface area is 107 Å². The number of aromatic nitrogens is 1. The quantitative estimate of drug-likeness (QED) is 0.809. The number of carbonyl (C=O) groups excluding carboxylic acids is 1. The van der Waals surface area contributed by atoms with Crippen molar-refractivity contribution in [2.45, 2.75) is 19.8 Å². The van der Waals surface area contributed by atoms with E-state index in [0.29, 0.717) is 11.0 Å². The van der Waals surface area contributed by atoms with Gasteiger partial charge in [-0.25, -0.2) is 0 Å². The zero-order chi connectivity index (χ0) is 12.6. The van der Waals surface area contributed by atoms with Crippen LogP contribution in [0.4, 0.5) is 0 Å². The Bertz CT molecular complexity index is 449. The van der Waals surface area contributed by atoms with Crippen LogP contribution >= 0.6 is 0 Å². The van der Waals surface area contributed by atoms with Crippen molar-refractivity contribution in [1.29, 1.82) is 0 Å². The molecule has 3 rings (SSSR count). The zero-order valence-corrected chi connectivity index (χ0v) is 10.8. The lowest BCUT2D eigenvalue weighted by molar-refractivity contribution is 0.0775. The first-order valence-electron chi connectivity index (χ1n) is 6.61. The molecule has 2 aliphatic rings. The minimum absolute atomic E-state index is 0.131. The smallest absolute Gasteiger partial charge is 0.255 e. The molecule has 2 fully saturated rings. The van der Waals surface area contributed by atoms with Crippen LogP contribution in [-0.4, -0.2) is 42.0 Å². The number of nitrogens with zero attached hydrogens (tertiary/aromatic N) is 2. The molecule has 96 valence electrons. The van der Waals surface area contributed by atoms with Gasteiger partial charge in [-0.2, -0.15) is 0 Å². The van der Waals surface area contributed by atoms with Crippen LogP contribution in [0.2, 0.25) is 0 Å². The fraction of sp³-hybridized carbons (Fsp3) is 0.571. The first kappa shape index (κ1) is 11.7. The van der Waals surface area contributed by atoms with Crippen molar-refractivity contribution in [1.82, 2.24) is 15.2 Å². The Kier molecular flexibility index (Phi) is 2.82. The minimum Gasteiger partial charge on any atom is -0.338 e. The molecule has 0 radical (unpaired) electrons. The van der Waals surface area contributed by atoms with Gasteiger partial charge in [0, 0.05) is 36.9 Å². The van der Waals surface area contributed by atoms with Crippen molar-refractivity contribution in [2.75, 3.05) is 26.2 Å². The SMILES string of the molecule is Cc1ccc(C(=O)N2CCC3(CCNC3)C2)cn1. The van der Waals surface area contributed by atoms with Crippen LogP contribution in [-0.2, 0) is 0 Å². The summed E-state index contributed by atoms with van der Waals surface area (Å²) in [5.74, 6) is 0.131. The van der Waals surface area contributed by atoms with Gasteiger partial charge >= 0.3 is 0 Å². The van der Waals surface area contributed by atoms with E-state index in [2.05, 4.69) is 10.3 Å². The predicted octanol–water partition coefficient (Wildman–Crippen LogP) is 1.22. The molecule has 4 heteroatoms. The van der Waals surface area contributed by atoms with Crippen LogP contribution in [0, 0.1) is 12.3 Å². The van der Waals surface area contributed by atoms with Crippen molar-refractivity contribution in [2.24, 2.45) is 5.41 Å². The highest BCUT2D eigenvalue weighted by molar-refractivity contribution is 5.94. The van der Waals surface area contributed by atoms with Gasteiger partial charge in [0.05, 0.1) is 5.56 Å². The van der Waals surface area contributed by atoms with E-state index in [9.17, 15) is 4.79 Å². The van der Waals surface area contributed by atoms with Gasteiger partial charge in [-0.3, -0.25) is 9.78 Å². The number of amides is 1. The van der Waals surface area contributed by atoms with E-state index in [1.54, 1.807) is 6.20 Å². The van der Waals surface area contributed by atoms with E-state index in [1.165, 1.54) is 6.42 Å². The first-order valence-corrected chi connectivity index (χ1v) is 6.61. The van der Waals surface area contributed by atoms with Crippen molar-refractivity contribution < 1.29 is 4.79 Å². The second kappa shape index (κ2) is 4.35. The number of pyridine rings is 1. The molecule has 2 saturated heterocycles. The molecule has 1 N–H and O–H groups in total. The predicted molar refractivity (Wildman–Crippen MR) is 69.4 cm³/mol. The van der Waals surface area contributed by atoms with Crippen LogP contribution in [0.1, 0.15) is 28.9 Å². The third-order valence-electron chi connectivity index (χ3n) is 4.22. The van der Waals surface area contributed by atoms with Crippen LogP contribution in [0.5, 0.6) is 0 Å². The van der Waals surface area contributed by atoms with Gasteiger partial charge in [-0.1, -0.05) is 0 Å². The van der Waals surface area contributed by atoms with E-state index in [4.69, 9.17) is 0 Å². The fourth-order valence-electron chi connectivity index (χ4n) is 3.03. The van der Waals surface area contributed by atoms with Gasteiger partial charge in [0.2, 0.25) is 0 Å². The number of nitrogens with one attached hydrogen (secondary N) is 1. The molecule has 1 atom stereocenters. The average molecular weight is 245 g/mol. The molecule has 4 nitrogen and oxygen atoms in total. The van der Waals surface area contributed by atoms with Crippen LogP contribution in [0.3, 0.4) is 0 Å². The molecule has 1 unspecified atom stereocenters. The minimum atomic E-state index is 0.131. The van der Waals surface area contributed by atoms with Gasteiger partial charge in [0.25, 0.3) is 5.91 Å². The summed E-state index contributed by atoms with van der Waals surface area (Å²) in [6.07, 6.45) is 4.02. The molecule has 18 heavy (non-hydrogen) atoms. The monoisotopic (exact) mass is 245 g/mol. The lowest BCUT2D eigenvalue weighted by Crippen LogP contribution is -2.33. The number of rotatable bonds is 1. The maximum Gasteiger partial charge on any atom is 0.255 e. The summed E-state index contributed by atoms with van der Waals surface area (Å²) >= 11 is 0. The highest BCUT2D eigenvalue weighted by Gasteiger charge is 2.41. The van der Waals surface area contributed by atoms with Crippen molar-refractivity contribution >= 4 is 5.91 Å². The molecular formula is C14H19N3O. The highest BCUT2D eigenvalue weighted by Crippen LogP contribution is 2.36. The summed E-state index contributed by atoms with van der Waals surface area (Å²) in [5.41, 5.74) is 2.00. The normalized spacial score (nSPS) is 27.1. The standard InChI is InChI=1S/C14H19N3O/c1-11-2-3-12(8-16-11)13(18)17-7-5-14(10-17)4-6-15-9-14/h2-3,8,15H,4-7,9-10H2,1H3. The van der Waals surface area contributed by atoms with E-state index >= 15 is 0 Å². The number of likely N-dealkylation sites (tertiary alicyclic amines) is 1. The van der Waals surface area contributed by atoms with E-state index in [1.807, 2.05) is 24.0 Å². The highest BCUT2D eigenvalue weighted by atomic mass is 16.2. The van der Waals surface area contributed by atoms with Crippen LogP contribution in [0.15, 0.2) is 18.3 Å². The molecule has 0 bridgehead atoms. The largest absolute Gasteiger partial charge is 0.338 e. The Morgan fingerprint density at radius 1 is 1.44 bits per heavy atom. The van der Waals surface area contributed by atoms with E-state index in [-0.39, 0.29) is 5.91 Å². The fourth-order valence-corrected chi connectivity index (χ4v) is 3.03. The molecule has 1 aromatic heterocycles. The number of hydrogen-bond donors (Lipinski definition) is 1. The Balaban J connectivity index is 1.72. The molecule has 0 saturated carbocycles. The van der Waals surface area contributed by atoms with Crippen LogP contribution < -0.4 is 5.32 Å². The molecule has 2 aliphatic heterocycles. The Hall–Kier alpha value is -1.42. The molecule has 1 aromatic rings. The third kappa shape index (κ3) is 2.01.